The van der Waals surface area contributed by atoms with Gasteiger partial charge in [-0.25, -0.2) is 0 Å². The number of aryl methyl sites for hydroxylation is 1. The first-order chi connectivity index (χ1) is 6.84. The second kappa shape index (κ2) is 4.19. The SMILES string of the molecule is Cc1cc(NCc2ccncc2)sn1. The maximum Gasteiger partial charge on any atom is 0.109 e. The van der Waals surface area contributed by atoms with Crippen molar-refractivity contribution in [2.45, 2.75) is 13.5 Å². The maximum absolute atomic E-state index is 4.20. The highest BCUT2D eigenvalue weighted by Crippen LogP contribution is 2.16. The Kier molecular flexibility index (Phi) is 2.74. The van der Waals surface area contributed by atoms with Gasteiger partial charge in [-0.05, 0) is 42.2 Å². The first kappa shape index (κ1) is 9.15. The quantitative estimate of drug-likeness (QED) is 0.836. The number of rotatable bonds is 3. The van der Waals surface area contributed by atoms with Gasteiger partial charge in [-0.15, -0.1) is 0 Å². The molecular formula is C10H11N3S. The summed E-state index contributed by atoms with van der Waals surface area (Å²) in [6.45, 7) is 2.82. The molecule has 3 nitrogen and oxygen atoms in total. The molecule has 0 bridgehead atoms. The second-order valence-corrected chi connectivity index (χ2v) is 3.85. The van der Waals surface area contributed by atoms with Crippen LogP contribution in [0.15, 0.2) is 30.6 Å². The van der Waals surface area contributed by atoms with Gasteiger partial charge in [-0.3, -0.25) is 4.98 Å². The minimum Gasteiger partial charge on any atom is -0.372 e. The van der Waals surface area contributed by atoms with Crippen molar-refractivity contribution in [2.75, 3.05) is 5.32 Å². The maximum atomic E-state index is 4.20. The molecule has 2 aromatic heterocycles. The fourth-order valence-corrected chi connectivity index (χ4v) is 1.79. The molecule has 14 heavy (non-hydrogen) atoms. The fourth-order valence-electron chi connectivity index (χ4n) is 1.14. The minimum atomic E-state index is 0.824. The van der Waals surface area contributed by atoms with E-state index < -0.39 is 0 Å². The van der Waals surface area contributed by atoms with E-state index in [0.717, 1.165) is 17.2 Å². The Bertz CT molecular complexity index is 397. The molecule has 0 saturated carbocycles. The predicted molar refractivity (Wildman–Crippen MR) is 58.4 cm³/mol. The van der Waals surface area contributed by atoms with Crippen LogP contribution in [0.1, 0.15) is 11.3 Å². The number of nitrogens with zero attached hydrogens (tertiary/aromatic N) is 2. The Balaban J connectivity index is 1.95. The Hall–Kier alpha value is -1.42. The van der Waals surface area contributed by atoms with Crippen LogP contribution in [0.2, 0.25) is 0 Å². The first-order valence-electron chi connectivity index (χ1n) is 4.41. The first-order valence-corrected chi connectivity index (χ1v) is 5.18. The average molecular weight is 205 g/mol. The lowest BCUT2D eigenvalue weighted by Gasteiger charge is -2.01. The van der Waals surface area contributed by atoms with Crippen LogP contribution in [0.4, 0.5) is 5.00 Å². The summed E-state index contributed by atoms with van der Waals surface area (Å²) in [7, 11) is 0. The molecule has 0 aliphatic carbocycles. The standard InChI is InChI=1S/C10H11N3S/c1-8-6-10(14-13-8)12-7-9-2-4-11-5-3-9/h2-6,12H,7H2,1H3. The van der Waals surface area contributed by atoms with Crippen molar-refractivity contribution >= 4 is 16.5 Å². The molecule has 4 heteroatoms. The van der Waals surface area contributed by atoms with Crippen molar-refractivity contribution in [1.82, 2.24) is 9.36 Å². The van der Waals surface area contributed by atoms with Gasteiger partial charge in [0, 0.05) is 18.9 Å². The molecule has 0 saturated heterocycles. The summed E-state index contributed by atoms with van der Waals surface area (Å²) < 4.78 is 4.20. The summed E-state index contributed by atoms with van der Waals surface area (Å²) in [6, 6.07) is 6.05. The number of hydrogen-bond donors (Lipinski definition) is 1. The van der Waals surface area contributed by atoms with Crippen molar-refractivity contribution in [1.29, 1.82) is 0 Å². The van der Waals surface area contributed by atoms with Gasteiger partial charge in [0.1, 0.15) is 5.00 Å². The molecule has 1 N–H and O–H groups in total. The van der Waals surface area contributed by atoms with E-state index in [0.29, 0.717) is 0 Å². The lowest BCUT2D eigenvalue weighted by Crippen LogP contribution is -1.96. The highest BCUT2D eigenvalue weighted by atomic mass is 32.1. The van der Waals surface area contributed by atoms with Crippen LogP contribution in [0.5, 0.6) is 0 Å². The van der Waals surface area contributed by atoms with E-state index in [2.05, 4.69) is 14.7 Å². The molecule has 2 aromatic rings. The molecule has 0 fully saturated rings. The zero-order chi connectivity index (χ0) is 9.80. The van der Waals surface area contributed by atoms with Crippen LogP contribution in [0.25, 0.3) is 0 Å². The molecule has 0 radical (unpaired) electrons. The monoisotopic (exact) mass is 205 g/mol. The van der Waals surface area contributed by atoms with Crippen molar-refractivity contribution in [2.24, 2.45) is 0 Å². The molecule has 0 aliphatic rings. The average Bonchev–Trinajstić information content (AvgIpc) is 2.63. The smallest absolute Gasteiger partial charge is 0.109 e. The van der Waals surface area contributed by atoms with Crippen molar-refractivity contribution in [3.05, 3.63) is 41.9 Å². The van der Waals surface area contributed by atoms with Gasteiger partial charge in [-0.2, -0.15) is 4.37 Å². The third-order valence-electron chi connectivity index (χ3n) is 1.84. The van der Waals surface area contributed by atoms with E-state index >= 15 is 0 Å². The molecule has 0 atom stereocenters. The van der Waals surface area contributed by atoms with E-state index in [-0.39, 0.29) is 0 Å². The molecule has 0 unspecified atom stereocenters. The molecule has 72 valence electrons. The van der Waals surface area contributed by atoms with Gasteiger partial charge in [0.05, 0.1) is 5.69 Å². The summed E-state index contributed by atoms with van der Waals surface area (Å²) >= 11 is 1.49. The summed E-state index contributed by atoms with van der Waals surface area (Å²) in [5.74, 6) is 0. The predicted octanol–water partition coefficient (Wildman–Crippen LogP) is 2.46. The van der Waals surface area contributed by atoms with Crippen LogP contribution in [-0.2, 0) is 6.54 Å². The van der Waals surface area contributed by atoms with Gasteiger partial charge in [-0.1, -0.05) is 0 Å². The Morgan fingerprint density at radius 1 is 1.36 bits per heavy atom. The second-order valence-electron chi connectivity index (χ2n) is 3.04. The normalized spacial score (nSPS) is 10.1. The number of nitrogens with one attached hydrogen (secondary N) is 1. The summed E-state index contributed by atoms with van der Waals surface area (Å²) in [5.41, 5.74) is 2.29. The van der Waals surface area contributed by atoms with E-state index in [1.54, 1.807) is 12.4 Å². The van der Waals surface area contributed by atoms with Gasteiger partial charge < -0.3 is 5.32 Å². The van der Waals surface area contributed by atoms with E-state index in [4.69, 9.17) is 0 Å². The van der Waals surface area contributed by atoms with Crippen LogP contribution in [0.3, 0.4) is 0 Å². The van der Waals surface area contributed by atoms with Crippen molar-refractivity contribution in [3.8, 4) is 0 Å². The fraction of sp³-hybridized carbons (Fsp3) is 0.200. The zero-order valence-corrected chi connectivity index (χ0v) is 8.71. The molecular weight excluding hydrogens is 194 g/mol. The highest BCUT2D eigenvalue weighted by molar-refractivity contribution is 7.10. The molecule has 0 aromatic carbocycles. The minimum absolute atomic E-state index is 0.824. The Morgan fingerprint density at radius 3 is 2.79 bits per heavy atom. The van der Waals surface area contributed by atoms with Crippen molar-refractivity contribution < 1.29 is 0 Å². The van der Waals surface area contributed by atoms with Crippen LogP contribution >= 0.6 is 11.5 Å². The number of hydrogen-bond acceptors (Lipinski definition) is 4. The third-order valence-corrected chi connectivity index (χ3v) is 2.68. The van der Waals surface area contributed by atoms with E-state index in [1.165, 1.54) is 17.1 Å². The van der Waals surface area contributed by atoms with Gasteiger partial charge in [0.25, 0.3) is 0 Å². The number of anilines is 1. The number of aromatic nitrogens is 2. The van der Waals surface area contributed by atoms with Crippen molar-refractivity contribution in [3.63, 3.8) is 0 Å². The third kappa shape index (κ3) is 2.29. The zero-order valence-electron chi connectivity index (χ0n) is 7.90. The lowest BCUT2D eigenvalue weighted by atomic mass is 10.3. The van der Waals surface area contributed by atoms with Crippen LogP contribution < -0.4 is 5.32 Å². The van der Waals surface area contributed by atoms with Gasteiger partial charge >= 0.3 is 0 Å². The Labute approximate surface area is 87.0 Å². The Morgan fingerprint density at radius 2 is 2.14 bits per heavy atom. The lowest BCUT2D eigenvalue weighted by molar-refractivity contribution is 1.14. The molecule has 0 aliphatic heterocycles. The molecule has 2 heterocycles. The summed E-state index contributed by atoms with van der Waals surface area (Å²) in [4.78, 5) is 3.97. The van der Waals surface area contributed by atoms with E-state index in [9.17, 15) is 0 Å². The number of pyridine rings is 1. The highest BCUT2D eigenvalue weighted by Gasteiger charge is 1.96. The summed E-state index contributed by atoms with van der Waals surface area (Å²) in [5, 5.41) is 4.42. The van der Waals surface area contributed by atoms with Crippen LogP contribution in [0, 0.1) is 6.92 Å². The largest absolute Gasteiger partial charge is 0.372 e. The molecule has 0 amide bonds. The molecule has 2 rings (SSSR count). The van der Waals surface area contributed by atoms with Gasteiger partial charge in [0.15, 0.2) is 0 Å². The summed E-state index contributed by atoms with van der Waals surface area (Å²) in [6.07, 6.45) is 3.60. The topological polar surface area (TPSA) is 37.8 Å². The molecule has 0 spiro atoms. The van der Waals surface area contributed by atoms with Crippen LogP contribution in [-0.4, -0.2) is 9.36 Å². The van der Waals surface area contributed by atoms with E-state index in [1.807, 2.05) is 25.1 Å². The van der Waals surface area contributed by atoms with Gasteiger partial charge in [0.2, 0.25) is 0 Å².